The lowest BCUT2D eigenvalue weighted by Crippen LogP contribution is -2.13. The summed E-state index contributed by atoms with van der Waals surface area (Å²) in [5.74, 6) is 0.681. The second-order valence-corrected chi connectivity index (χ2v) is 6.57. The molecule has 1 amide bonds. The molecule has 114 valence electrons. The summed E-state index contributed by atoms with van der Waals surface area (Å²) in [6.45, 7) is 6.07. The molecule has 0 aliphatic rings. The highest BCUT2D eigenvalue weighted by molar-refractivity contribution is 7.16. The second kappa shape index (κ2) is 5.53. The lowest BCUT2D eigenvalue weighted by atomic mass is 10.0. The molecule has 0 N–H and O–H groups in total. The van der Waals surface area contributed by atoms with Gasteiger partial charge in [-0.3, -0.25) is 4.79 Å². The molecule has 1 aromatic carbocycles. The fraction of sp³-hybridized carbons (Fsp3) is 0.312. The number of carbonyl (C=O) groups excluding carboxylic acids is 1. The van der Waals surface area contributed by atoms with Crippen molar-refractivity contribution in [3.05, 3.63) is 46.1 Å². The summed E-state index contributed by atoms with van der Waals surface area (Å²) in [4.78, 5) is 17.0. The normalized spacial score (nSPS) is 12.5. The highest BCUT2D eigenvalue weighted by Crippen LogP contribution is 2.23. The minimum absolute atomic E-state index is 0.234. The Balaban J connectivity index is 2.09. The molecule has 0 radical (unpaired) electrons. The number of nitrogens with zero attached hydrogens (tertiary/aromatic N) is 3. The van der Waals surface area contributed by atoms with Crippen LogP contribution in [-0.4, -0.2) is 15.6 Å². The van der Waals surface area contributed by atoms with Gasteiger partial charge in [0.1, 0.15) is 5.76 Å². The number of benzene rings is 1. The molecule has 6 heteroatoms. The van der Waals surface area contributed by atoms with Crippen LogP contribution in [0.4, 0.5) is 0 Å². The molecule has 0 fully saturated rings. The second-order valence-electron chi connectivity index (χ2n) is 5.57. The smallest absolute Gasteiger partial charge is 0.301 e. The van der Waals surface area contributed by atoms with E-state index in [1.807, 2.05) is 11.6 Å². The van der Waals surface area contributed by atoms with Gasteiger partial charge < -0.3 is 9.09 Å². The maximum absolute atomic E-state index is 12.1. The van der Waals surface area contributed by atoms with Gasteiger partial charge in [0.2, 0.25) is 0 Å². The number of aryl methyl sites for hydroxylation is 2. The minimum atomic E-state index is -0.386. The maximum Gasteiger partial charge on any atom is 0.301 e. The van der Waals surface area contributed by atoms with Crippen molar-refractivity contribution in [2.75, 3.05) is 0 Å². The van der Waals surface area contributed by atoms with Crippen molar-refractivity contribution in [2.45, 2.75) is 26.7 Å². The molecule has 3 aromatic rings. The molecule has 0 bridgehead atoms. The van der Waals surface area contributed by atoms with E-state index < -0.39 is 0 Å². The van der Waals surface area contributed by atoms with Gasteiger partial charge in [-0.25, -0.2) is 0 Å². The Kier molecular flexibility index (Phi) is 3.70. The van der Waals surface area contributed by atoms with Crippen LogP contribution in [0.25, 0.3) is 10.2 Å². The van der Waals surface area contributed by atoms with Crippen LogP contribution >= 0.6 is 11.3 Å². The van der Waals surface area contributed by atoms with E-state index in [2.05, 4.69) is 42.2 Å². The molecule has 0 saturated carbocycles. The van der Waals surface area contributed by atoms with Crippen molar-refractivity contribution in [3.8, 4) is 0 Å². The number of hydrogen-bond acceptors (Lipinski definition) is 4. The Bertz CT molecular complexity index is 915. The molecule has 22 heavy (non-hydrogen) atoms. The van der Waals surface area contributed by atoms with Crippen LogP contribution in [0.5, 0.6) is 0 Å². The predicted octanol–water partition coefficient (Wildman–Crippen LogP) is 3.40. The van der Waals surface area contributed by atoms with Gasteiger partial charge in [-0.15, -0.1) is 0 Å². The number of hydrogen-bond donors (Lipinski definition) is 0. The van der Waals surface area contributed by atoms with E-state index in [0.717, 1.165) is 10.2 Å². The molecule has 2 aromatic heterocycles. The lowest BCUT2D eigenvalue weighted by molar-refractivity contribution is 0.0989. The first-order valence-electron chi connectivity index (χ1n) is 7.07. The van der Waals surface area contributed by atoms with Crippen LogP contribution in [0, 0.1) is 6.92 Å². The maximum atomic E-state index is 12.1. The van der Waals surface area contributed by atoms with Crippen molar-refractivity contribution in [3.63, 3.8) is 0 Å². The van der Waals surface area contributed by atoms with Crippen LogP contribution in [0.1, 0.15) is 41.6 Å². The average molecular weight is 315 g/mol. The summed E-state index contributed by atoms with van der Waals surface area (Å²) >= 11 is 1.50. The number of rotatable bonds is 2. The summed E-state index contributed by atoms with van der Waals surface area (Å²) in [7, 11) is 1.91. The fourth-order valence-corrected chi connectivity index (χ4v) is 3.29. The summed E-state index contributed by atoms with van der Waals surface area (Å²) in [6, 6.07) is 7.95. The molecule has 0 spiro atoms. The summed E-state index contributed by atoms with van der Waals surface area (Å²) in [5.41, 5.74) is 2.58. The van der Waals surface area contributed by atoms with E-state index in [1.165, 1.54) is 16.9 Å². The molecule has 0 aliphatic heterocycles. The van der Waals surface area contributed by atoms with Crippen molar-refractivity contribution in [1.29, 1.82) is 0 Å². The van der Waals surface area contributed by atoms with Gasteiger partial charge in [0.05, 0.1) is 10.2 Å². The Morgan fingerprint density at radius 1 is 1.36 bits per heavy atom. The van der Waals surface area contributed by atoms with Crippen LogP contribution in [0.15, 0.2) is 33.8 Å². The zero-order valence-electron chi connectivity index (χ0n) is 13.0. The third kappa shape index (κ3) is 2.62. The van der Waals surface area contributed by atoms with E-state index in [-0.39, 0.29) is 11.6 Å². The number of fused-ring (bicyclic) bond motifs is 1. The van der Waals surface area contributed by atoms with E-state index in [4.69, 9.17) is 4.52 Å². The van der Waals surface area contributed by atoms with Gasteiger partial charge in [0, 0.05) is 13.1 Å². The monoisotopic (exact) mass is 315 g/mol. The number of aromatic nitrogens is 2. The molecular weight excluding hydrogens is 298 g/mol. The Morgan fingerprint density at radius 2 is 2.14 bits per heavy atom. The van der Waals surface area contributed by atoms with Crippen LogP contribution in [0.2, 0.25) is 0 Å². The van der Waals surface area contributed by atoms with Crippen molar-refractivity contribution < 1.29 is 9.32 Å². The van der Waals surface area contributed by atoms with Crippen molar-refractivity contribution >= 4 is 27.5 Å². The molecule has 2 heterocycles. The largest absolute Gasteiger partial charge is 0.361 e. The first-order valence-corrected chi connectivity index (χ1v) is 7.89. The molecule has 5 nitrogen and oxygen atoms in total. The molecule has 0 atom stereocenters. The number of thiazole rings is 1. The van der Waals surface area contributed by atoms with Gasteiger partial charge >= 0.3 is 5.91 Å². The van der Waals surface area contributed by atoms with E-state index >= 15 is 0 Å². The molecule has 3 rings (SSSR count). The number of amides is 1. The van der Waals surface area contributed by atoms with Crippen molar-refractivity contribution in [1.82, 2.24) is 9.72 Å². The molecule has 0 saturated heterocycles. The van der Waals surface area contributed by atoms with Gasteiger partial charge in [-0.05, 0) is 30.5 Å². The van der Waals surface area contributed by atoms with E-state index in [9.17, 15) is 4.79 Å². The quantitative estimate of drug-likeness (QED) is 0.728. The number of carbonyl (C=O) groups is 1. The molecule has 0 aliphatic carbocycles. The Hall–Kier alpha value is -2.21. The van der Waals surface area contributed by atoms with E-state index in [0.29, 0.717) is 16.5 Å². The van der Waals surface area contributed by atoms with Crippen LogP contribution in [-0.2, 0) is 7.05 Å². The first-order chi connectivity index (χ1) is 10.5. The highest BCUT2D eigenvalue weighted by Gasteiger charge is 2.11. The predicted molar refractivity (Wildman–Crippen MR) is 86.0 cm³/mol. The standard InChI is InChI=1S/C16H17N3O2S/c1-9(2)11-5-6-13-14(8-11)22-16(19(13)4)17-15(20)12-7-10(3)21-18-12/h5-9H,1-4H3. The zero-order chi connectivity index (χ0) is 15.9. The third-order valence-electron chi connectivity index (χ3n) is 3.54. The summed E-state index contributed by atoms with van der Waals surface area (Å²) < 4.78 is 7.97. The highest BCUT2D eigenvalue weighted by atomic mass is 32.1. The van der Waals surface area contributed by atoms with Gasteiger partial charge in [-0.2, -0.15) is 4.99 Å². The first kappa shape index (κ1) is 14.7. The summed E-state index contributed by atoms with van der Waals surface area (Å²) in [6.07, 6.45) is 0. The van der Waals surface area contributed by atoms with Gasteiger partial charge in [-0.1, -0.05) is 36.4 Å². The fourth-order valence-electron chi connectivity index (χ4n) is 2.23. The van der Waals surface area contributed by atoms with Crippen molar-refractivity contribution in [2.24, 2.45) is 12.0 Å². The minimum Gasteiger partial charge on any atom is -0.361 e. The van der Waals surface area contributed by atoms with Gasteiger partial charge in [0.25, 0.3) is 0 Å². The Labute approximate surface area is 131 Å². The van der Waals surface area contributed by atoms with Crippen LogP contribution in [0.3, 0.4) is 0 Å². The van der Waals surface area contributed by atoms with E-state index in [1.54, 1.807) is 13.0 Å². The molecular formula is C16H17N3O2S. The van der Waals surface area contributed by atoms with Gasteiger partial charge in [0.15, 0.2) is 10.5 Å². The third-order valence-corrected chi connectivity index (χ3v) is 4.64. The molecule has 0 unspecified atom stereocenters. The Morgan fingerprint density at radius 3 is 2.77 bits per heavy atom. The summed E-state index contributed by atoms with van der Waals surface area (Å²) in [5, 5.41) is 3.71. The van der Waals surface area contributed by atoms with Crippen LogP contribution < -0.4 is 4.80 Å². The topological polar surface area (TPSA) is 60.4 Å². The zero-order valence-corrected chi connectivity index (χ0v) is 13.8. The SMILES string of the molecule is Cc1cc(C(=O)N=c2sc3cc(C(C)C)ccc3n2C)no1. The average Bonchev–Trinajstić information content (AvgIpc) is 3.03. The lowest BCUT2D eigenvalue weighted by Gasteiger charge is -2.04.